The summed E-state index contributed by atoms with van der Waals surface area (Å²) in [5.41, 5.74) is 3.08. The SMILES string of the molecule is O=C([C@H]1CCC(=O)N(C2CC2)[C@@H]1c1ccncc1)N1CCc2cc(Cl)ccc21. The van der Waals surface area contributed by atoms with Gasteiger partial charge in [0.15, 0.2) is 0 Å². The molecule has 2 aromatic rings. The van der Waals surface area contributed by atoms with Gasteiger partial charge in [-0.3, -0.25) is 14.6 Å². The predicted molar refractivity (Wildman–Crippen MR) is 107 cm³/mol. The predicted octanol–water partition coefficient (Wildman–Crippen LogP) is 3.77. The zero-order valence-electron chi connectivity index (χ0n) is 15.6. The van der Waals surface area contributed by atoms with E-state index in [1.165, 1.54) is 0 Å². The summed E-state index contributed by atoms with van der Waals surface area (Å²) in [5.74, 6) is 0.0466. The maximum atomic E-state index is 13.7. The van der Waals surface area contributed by atoms with E-state index >= 15 is 0 Å². The molecule has 0 bridgehead atoms. The first-order valence-electron chi connectivity index (χ1n) is 9.94. The maximum absolute atomic E-state index is 13.7. The summed E-state index contributed by atoms with van der Waals surface area (Å²) in [7, 11) is 0. The highest BCUT2D eigenvalue weighted by Crippen LogP contribution is 2.45. The second kappa shape index (κ2) is 6.89. The van der Waals surface area contributed by atoms with E-state index in [0.29, 0.717) is 24.4 Å². The van der Waals surface area contributed by atoms with Crippen molar-refractivity contribution in [2.24, 2.45) is 5.92 Å². The third kappa shape index (κ3) is 2.98. The van der Waals surface area contributed by atoms with Crippen LogP contribution in [0.5, 0.6) is 0 Å². The summed E-state index contributed by atoms with van der Waals surface area (Å²) in [6.45, 7) is 0.672. The number of benzene rings is 1. The van der Waals surface area contributed by atoms with E-state index in [1.54, 1.807) is 12.4 Å². The fraction of sp³-hybridized carbons (Fsp3) is 0.409. The standard InChI is InChI=1S/C22H22ClN3O2/c23-16-1-5-19-15(13-16)9-12-25(19)22(28)18-4-6-20(27)26(17-2-3-17)21(18)14-7-10-24-11-8-14/h1,5,7-8,10-11,13,17-18,21H,2-4,6,9,12H2/t18-,21+/m0/s1. The number of amides is 2. The molecule has 2 amide bonds. The molecule has 1 aromatic carbocycles. The van der Waals surface area contributed by atoms with Crippen LogP contribution in [0, 0.1) is 5.92 Å². The van der Waals surface area contributed by atoms with Crippen LogP contribution in [0.15, 0.2) is 42.7 Å². The van der Waals surface area contributed by atoms with Crippen LogP contribution in [0.25, 0.3) is 0 Å². The van der Waals surface area contributed by atoms with Gasteiger partial charge >= 0.3 is 0 Å². The first-order chi connectivity index (χ1) is 13.6. The van der Waals surface area contributed by atoms with E-state index in [-0.39, 0.29) is 29.8 Å². The molecule has 3 heterocycles. The van der Waals surface area contributed by atoms with Crippen molar-refractivity contribution in [1.82, 2.24) is 9.88 Å². The van der Waals surface area contributed by atoms with Crippen molar-refractivity contribution in [2.75, 3.05) is 11.4 Å². The minimum Gasteiger partial charge on any atom is -0.332 e. The van der Waals surface area contributed by atoms with Crippen molar-refractivity contribution in [3.63, 3.8) is 0 Å². The van der Waals surface area contributed by atoms with Gasteiger partial charge in [0.1, 0.15) is 0 Å². The molecule has 0 radical (unpaired) electrons. The average Bonchev–Trinajstić information content (AvgIpc) is 3.46. The molecule has 6 heteroatoms. The minimum absolute atomic E-state index is 0.112. The molecule has 2 atom stereocenters. The molecule has 0 unspecified atom stereocenters. The normalized spacial score (nSPS) is 24.4. The fourth-order valence-electron chi connectivity index (χ4n) is 4.71. The van der Waals surface area contributed by atoms with Gasteiger partial charge in [0.25, 0.3) is 0 Å². The second-order valence-electron chi connectivity index (χ2n) is 7.92. The number of piperidine rings is 1. The van der Waals surface area contributed by atoms with Crippen LogP contribution in [0.3, 0.4) is 0 Å². The minimum atomic E-state index is -0.234. The Balaban J connectivity index is 1.51. The molecule has 1 aromatic heterocycles. The van der Waals surface area contributed by atoms with Crippen LogP contribution in [0.1, 0.15) is 42.9 Å². The number of nitrogens with zero attached hydrogens (tertiary/aromatic N) is 3. The Labute approximate surface area is 169 Å². The Bertz CT molecular complexity index is 929. The number of carbonyl (C=O) groups is 2. The summed E-state index contributed by atoms with van der Waals surface area (Å²) < 4.78 is 0. The van der Waals surface area contributed by atoms with Crippen LogP contribution in [0.2, 0.25) is 5.02 Å². The number of rotatable bonds is 3. The highest BCUT2D eigenvalue weighted by atomic mass is 35.5. The monoisotopic (exact) mass is 395 g/mol. The molecule has 1 saturated heterocycles. The molecule has 0 spiro atoms. The van der Waals surface area contributed by atoms with Crippen LogP contribution in [0.4, 0.5) is 5.69 Å². The first kappa shape index (κ1) is 17.7. The fourth-order valence-corrected chi connectivity index (χ4v) is 4.90. The van der Waals surface area contributed by atoms with Gasteiger partial charge in [0.2, 0.25) is 11.8 Å². The highest BCUT2D eigenvalue weighted by Gasteiger charge is 2.47. The lowest BCUT2D eigenvalue weighted by Crippen LogP contribution is -2.49. The Morgan fingerprint density at radius 2 is 1.86 bits per heavy atom. The molecule has 1 saturated carbocycles. The Hall–Kier alpha value is -2.40. The summed E-state index contributed by atoms with van der Waals surface area (Å²) in [6.07, 6.45) is 7.39. The third-order valence-corrected chi connectivity index (χ3v) is 6.38. The number of likely N-dealkylation sites (tertiary alicyclic amines) is 1. The Morgan fingerprint density at radius 3 is 2.61 bits per heavy atom. The molecule has 5 rings (SSSR count). The number of fused-ring (bicyclic) bond motifs is 1. The van der Waals surface area contributed by atoms with Crippen molar-refractivity contribution < 1.29 is 9.59 Å². The van der Waals surface area contributed by atoms with Crippen LogP contribution < -0.4 is 4.90 Å². The molecular weight excluding hydrogens is 374 g/mol. The highest BCUT2D eigenvalue weighted by molar-refractivity contribution is 6.30. The molecule has 3 aliphatic rings. The number of anilines is 1. The van der Waals surface area contributed by atoms with Gasteiger partial charge in [0, 0.05) is 42.1 Å². The van der Waals surface area contributed by atoms with E-state index in [2.05, 4.69) is 4.98 Å². The van der Waals surface area contributed by atoms with E-state index in [4.69, 9.17) is 11.6 Å². The van der Waals surface area contributed by atoms with Gasteiger partial charge < -0.3 is 9.80 Å². The van der Waals surface area contributed by atoms with Crippen molar-refractivity contribution >= 4 is 29.1 Å². The maximum Gasteiger partial charge on any atom is 0.232 e. The number of aromatic nitrogens is 1. The van der Waals surface area contributed by atoms with Gasteiger partial charge in [-0.2, -0.15) is 0 Å². The second-order valence-corrected chi connectivity index (χ2v) is 8.35. The smallest absolute Gasteiger partial charge is 0.232 e. The van der Waals surface area contributed by atoms with Crippen LogP contribution in [-0.2, 0) is 16.0 Å². The van der Waals surface area contributed by atoms with E-state index in [1.807, 2.05) is 40.1 Å². The van der Waals surface area contributed by atoms with Crippen LogP contribution in [-0.4, -0.2) is 34.3 Å². The lowest BCUT2D eigenvalue weighted by atomic mass is 9.83. The number of halogens is 1. The zero-order valence-corrected chi connectivity index (χ0v) is 16.3. The van der Waals surface area contributed by atoms with E-state index < -0.39 is 0 Å². The molecule has 28 heavy (non-hydrogen) atoms. The molecule has 0 N–H and O–H groups in total. The lowest BCUT2D eigenvalue weighted by Gasteiger charge is -2.42. The molecule has 2 fully saturated rings. The quantitative estimate of drug-likeness (QED) is 0.795. The zero-order chi connectivity index (χ0) is 19.3. The van der Waals surface area contributed by atoms with Crippen molar-refractivity contribution in [3.8, 4) is 0 Å². The van der Waals surface area contributed by atoms with Gasteiger partial charge in [-0.15, -0.1) is 0 Å². The molecule has 2 aliphatic heterocycles. The van der Waals surface area contributed by atoms with Gasteiger partial charge in [-0.05, 0) is 67.1 Å². The van der Waals surface area contributed by atoms with Gasteiger partial charge in [-0.25, -0.2) is 0 Å². The van der Waals surface area contributed by atoms with E-state index in [0.717, 1.165) is 36.1 Å². The lowest BCUT2D eigenvalue weighted by molar-refractivity contribution is -0.143. The summed E-state index contributed by atoms with van der Waals surface area (Å²) in [6, 6.07) is 9.68. The summed E-state index contributed by atoms with van der Waals surface area (Å²) in [4.78, 5) is 34.4. The van der Waals surface area contributed by atoms with Crippen molar-refractivity contribution in [3.05, 3.63) is 58.9 Å². The van der Waals surface area contributed by atoms with Crippen molar-refractivity contribution in [1.29, 1.82) is 0 Å². The molecule has 144 valence electrons. The topological polar surface area (TPSA) is 53.5 Å². The summed E-state index contributed by atoms with van der Waals surface area (Å²) in [5, 5.41) is 0.700. The van der Waals surface area contributed by atoms with Crippen LogP contribution >= 0.6 is 11.6 Å². The first-order valence-corrected chi connectivity index (χ1v) is 10.3. The Morgan fingerprint density at radius 1 is 1.07 bits per heavy atom. The number of hydrogen-bond donors (Lipinski definition) is 0. The van der Waals surface area contributed by atoms with Gasteiger partial charge in [0.05, 0.1) is 12.0 Å². The number of pyridine rings is 1. The molecular formula is C22H22ClN3O2. The number of carbonyl (C=O) groups excluding carboxylic acids is 2. The van der Waals surface area contributed by atoms with Gasteiger partial charge in [-0.1, -0.05) is 11.6 Å². The Kier molecular flexibility index (Phi) is 4.35. The third-order valence-electron chi connectivity index (χ3n) is 6.15. The molecule has 1 aliphatic carbocycles. The largest absolute Gasteiger partial charge is 0.332 e. The average molecular weight is 396 g/mol. The molecule has 5 nitrogen and oxygen atoms in total. The van der Waals surface area contributed by atoms with Crippen molar-refractivity contribution in [2.45, 2.75) is 44.2 Å². The number of hydrogen-bond acceptors (Lipinski definition) is 3. The van der Waals surface area contributed by atoms with E-state index in [9.17, 15) is 9.59 Å². The summed E-state index contributed by atoms with van der Waals surface area (Å²) >= 11 is 6.13.